The monoisotopic (exact) mass is 352 g/mol. The minimum absolute atomic E-state index is 0.0101. The van der Waals surface area contributed by atoms with Crippen molar-refractivity contribution >= 4 is 21.6 Å². The summed E-state index contributed by atoms with van der Waals surface area (Å²) in [5, 5.41) is 11.0. The van der Waals surface area contributed by atoms with Crippen molar-refractivity contribution in [3.8, 4) is 0 Å². The largest absolute Gasteiger partial charge is 0.352 e. The standard InChI is InChI=1S/C16H24N4O3S/c1-2-13-5-3-4-9-20(13)15-7-6-14(18-19-15)16(21)17-12-8-10-24(22,23)11-12/h6-7,12-13H,2-5,8-11H2,1H3,(H,17,21). The highest BCUT2D eigenvalue weighted by Crippen LogP contribution is 2.24. The van der Waals surface area contributed by atoms with E-state index in [0.29, 0.717) is 12.5 Å². The van der Waals surface area contributed by atoms with Crippen LogP contribution in [0.25, 0.3) is 0 Å². The quantitative estimate of drug-likeness (QED) is 0.874. The predicted molar refractivity (Wildman–Crippen MR) is 91.8 cm³/mol. The van der Waals surface area contributed by atoms with Crippen LogP contribution in [-0.4, -0.2) is 54.7 Å². The molecule has 2 unspecified atom stereocenters. The number of nitrogens with zero attached hydrogens (tertiary/aromatic N) is 3. The normalized spacial score (nSPS) is 26.3. The topological polar surface area (TPSA) is 92.3 Å². The fourth-order valence-electron chi connectivity index (χ4n) is 3.49. The second-order valence-electron chi connectivity index (χ2n) is 6.60. The fourth-order valence-corrected chi connectivity index (χ4v) is 5.17. The summed E-state index contributed by atoms with van der Waals surface area (Å²) in [7, 11) is -3.01. The Labute approximate surface area is 142 Å². The molecule has 2 saturated heterocycles. The van der Waals surface area contributed by atoms with Gasteiger partial charge in [-0.2, -0.15) is 0 Å². The van der Waals surface area contributed by atoms with Crippen molar-refractivity contribution in [1.29, 1.82) is 0 Å². The number of hydrogen-bond donors (Lipinski definition) is 1. The number of piperidine rings is 1. The van der Waals surface area contributed by atoms with Gasteiger partial charge >= 0.3 is 0 Å². The van der Waals surface area contributed by atoms with Gasteiger partial charge in [0.15, 0.2) is 21.3 Å². The fraction of sp³-hybridized carbons (Fsp3) is 0.688. The molecule has 8 heteroatoms. The molecule has 132 valence electrons. The van der Waals surface area contributed by atoms with Gasteiger partial charge in [0.25, 0.3) is 5.91 Å². The second-order valence-corrected chi connectivity index (χ2v) is 8.83. The van der Waals surface area contributed by atoms with Crippen molar-refractivity contribution in [2.24, 2.45) is 0 Å². The van der Waals surface area contributed by atoms with Gasteiger partial charge in [-0.25, -0.2) is 8.42 Å². The number of nitrogens with one attached hydrogen (secondary N) is 1. The summed E-state index contributed by atoms with van der Waals surface area (Å²) in [5.74, 6) is 0.593. The van der Waals surface area contributed by atoms with Crippen molar-refractivity contribution in [2.75, 3.05) is 23.0 Å². The van der Waals surface area contributed by atoms with Gasteiger partial charge in [0, 0.05) is 18.6 Å². The van der Waals surface area contributed by atoms with Crippen molar-refractivity contribution in [1.82, 2.24) is 15.5 Å². The zero-order valence-electron chi connectivity index (χ0n) is 13.9. The molecule has 0 aliphatic carbocycles. The zero-order valence-corrected chi connectivity index (χ0v) is 14.8. The molecule has 1 N–H and O–H groups in total. The molecule has 0 radical (unpaired) electrons. The SMILES string of the molecule is CCC1CCCCN1c1ccc(C(=O)NC2CCS(=O)(=O)C2)nn1. The number of amides is 1. The summed E-state index contributed by atoms with van der Waals surface area (Å²) in [6, 6.07) is 3.66. The average molecular weight is 352 g/mol. The highest BCUT2D eigenvalue weighted by Gasteiger charge is 2.29. The predicted octanol–water partition coefficient (Wildman–Crippen LogP) is 1.16. The molecule has 0 spiro atoms. The Kier molecular flexibility index (Phi) is 5.03. The van der Waals surface area contributed by atoms with Crippen LogP contribution in [0.15, 0.2) is 12.1 Å². The van der Waals surface area contributed by atoms with Gasteiger partial charge in [0.1, 0.15) is 0 Å². The molecule has 3 heterocycles. The van der Waals surface area contributed by atoms with Gasteiger partial charge in [0.05, 0.1) is 11.5 Å². The maximum absolute atomic E-state index is 12.2. The van der Waals surface area contributed by atoms with E-state index in [1.54, 1.807) is 6.07 Å². The molecular formula is C16H24N4O3S. The summed E-state index contributed by atoms with van der Waals surface area (Å²) in [6.45, 7) is 3.15. The molecule has 24 heavy (non-hydrogen) atoms. The number of rotatable bonds is 4. The van der Waals surface area contributed by atoms with E-state index in [0.717, 1.165) is 31.6 Å². The first-order chi connectivity index (χ1) is 11.5. The van der Waals surface area contributed by atoms with E-state index in [1.807, 2.05) is 6.07 Å². The maximum atomic E-state index is 12.2. The Hall–Kier alpha value is -1.70. The molecule has 1 amide bonds. The second kappa shape index (κ2) is 7.04. The minimum atomic E-state index is -3.01. The van der Waals surface area contributed by atoms with Crippen LogP contribution in [0.3, 0.4) is 0 Å². The van der Waals surface area contributed by atoms with E-state index in [9.17, 15) is 13.2 Å². The average Bonchev–Trinajstić information content (AvgIpc) is 2.93. The van der Waals surface area contributed by atoms with E-state index in [1.165, 1.54) is 6.42 Å². The molecule has 1 aromatic heterocycles. The van der Waals surface area contributed by atoms with E-state index < -0.39 is 9.84 Å². The van der Waals surface area contributed by atoms with Crippen LogP contribution in [-0.2, 0) is 9.84 Å². The number of carbonyl (C=O) groups is 1. The lowest BCUT2D eigenvalue weighted by Gasteiger charge is -2.35. The van der Waals surface area contributed by atoms with Crippen LogP contribution in [0.5, 0.6) is 0 Å². The first-order valence-electron chi connectivity index (χ1n) is 8.60. The molecule has 2 aliphatic heterocycles. The van der Waals surface area contributed by atoms with Crippen LogP contribution in [0.4, 0.5) is 5.82 Å². The van der Waals surface area contributed by atoms with Crippen LogP contribution in [0, 0.1) is 0 Å². The Morgan fingerprint density at radius 2 is 2.12 bits per heavy atom. The maximum Gasteiger partial charge on any atom is 0.272 e. The molecular weight excluding hydrogens is 328 g/mol. The van der Waals surface area contributed by atoms with Gasteiger partial charge in [-0.15, -0.1) is 10.2 Å². The number of hydrogen-bond acceptors (Lipinski definition) is 6. The van der Waals surface area contributed by atoms with Crippen LogP contribution < -0.4 is 10.2 Å². The van der Waals surface area contributed by atoms with Crippen LogP contribution >= 0.6 is 0 Å². The molecule has 2 aliphatic rings. The Morgan fingerprint density at radius 3 is 2.75 bits per heavy atom. The third kappa shape index (κ3) is 3.85. The molecule has 2 fully saturated rings. The van der Waals surface area contributed by atoms with E-state index >= 15 is 0 Å². The lowest BCUT2D eigenvalue weighted by atomic mass is 10.0. The summed E-state index contributed by atoms with van der Waals surface area (Å²) < 4.78 is 22.9. The zero-order chi connectivity index (χ0) is 17.2. The minimum Gasteiger partial charge on any atom is -0.352 e. The van der Waals surface area contributed by atoms with E-state index in [4.69, 9.17) is 0 Å². The van der Waals surface area contributed by atoms with Crippen molar-refractivity contribution < 1.29 is 13.2 Å². The summed E-state index contributed by atoms with van der Waals surface area (Å²) >= 11 is 0. The summed E-state index contributed by atoms with van der Waals surface area (Å²) in [6.07, 6.45) is 5.09. The first kappa shape index (κ1) is 17.1. The van der Waals surface area contributed by atoms with Crippen molar-refractivity contribution in [3.05, 3.63) is 17.8 Å². The van der Waals surface area contributed by atoms with E-state index in [2.05, 4.69) is 27.3 Å². The highest BCUT2D eigenvalue weighted by atomic mass is 32.2. The first-order valence-corrected chi connectivity index (χ1v) is 10.4. The van der Waals surface area contributed by atoms with E-state index in [-0.39, 0.29) is 29.1 Å². The molecule has 7 nitrogen and oxygen atoms in total. The molecule has 2 atom stereocenters. The summed E-state index contributed by atoms with van der Waals surface area (Å²) in [4.78, 5) is 14.5. The number of anilines is 1. The number of carbonyl (C=O) groups excluding carboxylic acids is 1. The van der Waals surface area contributed by atoms with Gasteiger partial charge in [-0.05, 0) is 44.2 Å². The number of aromatic nitrogens is 2. The van der Waals surface area contributed by atoms with Gasteiger partial charge in [-0.3, -0.25) is 4.79 Å². The summed E-state index contributed by atoms with van der Waals surface area (Å²) in [5.41, 5.74) is 0.230. The Balaban J connectivity index is 1.64. The highest BCUT2D eigenvalue weighted by molar-refractivity contribution is 7.91. The van der Waals surface area contributed by atoms with Crippen molar-refractivity contribution in [2.45, 2.75) is 51.1 Å². The van der Waals surface area contributed by atoms with Crippen LogP contribution in [0.2, 0.25) is 0 Å². The third-order valence-corrected chi connectivity index (χ3v) is 6.61. The Bertz CT molecular complexity index is 690. The molecule has 1 aromatic rings. The van der Waals surface area contributed by atoms with Crippen molar-refractivity contribution in [3.63, 3.8) is 0 Å². The van der Waals surface area contributed by atoms with Gasteiger partial charge < -0.3 is 10.2 Å². The molecule has 0 bridgehead atoms. The van der Waals surface area contributed by atoms with Crippen LogP contribution in [0.1, 0.15) is 49.5 Å². The third-order valence-electron chi connectivity index (χ3n) is 4.84. The van der Waals surface area contributed by atoms with Gasteiger partial charge in [-0.1, -0.05) is 6.92 Å². The molecule has 3 rings (SSSR count). The lowest BCUT2D eigenvalue weighted by Crippen LogP contribution is -2.40. The smallest absolute Gasteiger partial charge is 0.272 e. The van der Waals surface area contributed by atoms with Gasteiger partial charge in [0.2, 0.25) is 0 Å². The number of sulfone groups is 1. The Morgan fingerprint density at radius 1 is 1.29 bits per heavy atom. The molecule has 0 saturated carbocycles. The lowest BCUT2D eigenvalue weighted by molar-refractivity contribution is 0.0935. The molecule has 0 aromatic carbocycles.